The van der Waals surface area contributed by atoms with Gasteiger partial charge in [-0.3, -0.25) is 9.59 Å². The van der Waals surface area contributed by atoms with Gasteiger partial charge in [-0.05, 0) is 36.8 Å². The zero-order valence-electron chi connectivity index (χ0n) is 19.1. The molecule has 176 valence electrons. The molecular weight excluding hydrogens is 462 g/mol. The summed E-state index contributed by atoms with van der Waals surface area (Å²) in [5.74, 6) is -1.06. The molecular formula is C27H23N3O4S. The highest BCUT2D eigenvalue weighted by molar-refractivity contribution is 8.00. The monoisotopic (exact) mass is 485 g/mol. The van der Waals surface area contributed by atoms with Crippen molar-refractivity contribution in [1.82, 2.24) is 9.78 Å². The number of carbonyl (C=O) groups excluding carboxylic acids is 2. The second-order valence-corrected chi connectivity index (χ2v) is 9.73. The Labute approximate surface area is 206 Å². The lowest BCUT2D eigenvalue weighted by Gasteiger charge is -2.22. The molecule has 0 aliphatic carbocycles. The van der Waals surface area contributed by atoms with Crippen LogP contribution in [0.1, 0.15) is 23.8 Å². The van der Waals surface area contributed by atoms with Gasteiger partial charge >= 0.3 is 5.97 Å². The minimum atomic E-state index is -0.759. The van der Waals surface area contributed by atoms with Crippen LogP contribution in [0.4, 0.5) is 5.69 Å². The van der Waals surface area contributed by atoms with E-state index >= 15 is 0 Å². The molecule has 0 bridgehead atoms. The maximum absolute atomic E-state index is 13.1. The first-order chi connectivity index (χ1) is 17.0. The van der Waals surface area contributed by atoms with Crippen molar-refractivity contribution in [1.29, 1.82) is 0 Å². The summed E-state index contributed by atoms with van der Waals surface area (Å²) >= 11 is 1.73. The van der Waals surface area contributed by atoms with Gasteiger partial charge in [0.1, 0.15) is 0 Å². The lowest BCUT2D eigenvalue weighted by atomic mass is 10.1. The number of nitrogens with zero attached hydrogens (tertiary/aromatic N) is 3. The minimum Gasteiger partial charge on any atom is -0.451 e. The van der Waals surface area contributed by atoms with Crippen LogP contribution in [0.3, 0.4) is 0 Å². The van der Waals surface area contributed by atoms with Crippen LogP contribution in [0.5, 0.6) is 0 Å². The molecule has 0 fully saturated rings. The zero-order chi connectivity index (χ0) is 24.4. The van der Waals surface area contributed by atoms with Crippen molar-refractivity contribution in [3.8, 4) is 5.69 Å². The predicted octanol–water partition coefficient (Wildman–Crippen LogP) is 4.46. The van der Waals surface area contributed by atoms with Gasteiger partial charge in [-0.2, -0.15) is 9.78 Å². The summed E-state index contributed by atoms with van der Waals surface area (Å²) in [5, 5.41) is 5.42. The highest BCUT2D eigenvalue weighted by Crippen LogP contribution is 2.37. The molecule has 4 aromatic rings. The Morgan fingerprint density at radius 3 is 2.46 bits per heavy atom. The lowest BCUT2D eigenvalue weighted by Crippen LogP contribution is -2.36. The van der Waals surface area contributed by atoms with Gasteiger partial charge in [0.25, 0.3) is 11.5 Å². The summed E-state index contributed by atoms with van der Waals surface area (Å²) < 4.78 is 6.63. The van der Waals surface area contributed by atoms with Crippen molar-refractivity contribution in [2.24, 2.45) is 0 Å². The molecule has 1 aromatic heterocycles. The fraction of sp³-hybridized carbons (Fsp3) is 0.185. The normalized spacial score (nSPS) is 15.3. The van der Waals surface area contributed by atoms with Crippen LogP contribution in [0.2, 0.25) is 0 Å². The van der Waals surface area contributed by atoms with E-state index in [1.807, 2.05) is 30.3 Å². The van der Waals surface area contributed by atoms with Crippen molar-refractivity contribution in [2.75, 3.05) is 18.1 Å². The molecule has 8 heteroatoms. The molecule has 1 atom stereocenters. The fourth-order valence-corrected chi connectivity index (χ4v) is 5.22. The number of ether oxygens (including phenoxy) is 1. The first-order valence-corrected chi connectivity index (χ1v) is 12.2. The summed E-state index contributed by atoms with van der Waals surface area (Å²) in [4.78, 5) is 42.0. The second-order valence-electron chi connectivity index (χ2n) is 8.25. The number of thioether (sulfide) groups is 1. The summed E-state index contributed by atoms with van der Waals surface area (Å²) in [5.41, 5.74) is 0.995. The van der Waals surface area contributed by atoms with Gasteiger partial charge in [-0.15, -0.1) is 11.8 Å². The number of benzene rings is 3. The van der Waals surface area contributed by atoms with Gasteiger partial charge < -0.3 is 9.64 Å². The van der Waals surface area contributed by atoms with Crippen LogP contribution in [0, 0.1) is 0 Å². The van der Waals surface area contributed by atoms with Crippen molar-refractivity contribution in [3.63, 3.8) is 0 Å². The van der Waals surface area contributed by atoms with Crippen LogP contribution in [-0.2, 0) is 9.53 Å². The third-order valence-corrected chi connectivity index (χ3v) is 7.11. The van der Waals surface area contributed by atoms with Crippen LogP contribution in [0.25, 0.3) is 16.5 Å². The molecule has 1 unspecified atom stereocenters. The molecule has 5 rings (SSSR count). The topological polar surface area (TPSA) is 81.5 Å². The second kappa shape index (κ2) is 9.76. The molecule has 3 aromatic carbocycles. The highest BCUT2D eigenvalue weighted by atomic mass is 32.2. The van der Waals surface area contributed by atoms with Crippen LogP contribution < -0.4 is 10.5 Å². The summed E-state index contributed by atoms with van der Waals surface area (Å²) in [7, 11) is 0. The van der Waals surface area contributed by atoms with E-state index in [-0.39, 0.29) is 17.2 Å². The smallest absolute Gasteiger partial charge is 0.359 e. The summed E-state index contributed by atoms with van der Waals surface area (Å²) in [6.45, 7) is 2.25. The number of aromatic nitrogens is 2. The van der Waals surface area contributed by atoms with Crippen molar-refractivity contribution < 1.29 is 14.3 Å². The minimum absolute atomic E-state index is 0.0164. The first-order valence-electron chi connectivity index (χ1n) is 11.3. The quantitative estimate of drug-likeness (QED) is 0.397. The number of esters is 1. The van der Waals surface area contributed by atoms with Gasteiger partial charge in [-0.25, -0.2) is 4.79 Å². The van der Waals surface area contributed by atoms with Gasteiger partial charge in [0, 0.05) is 22.1 Å². The number of fused-ring (bicyclic) bond motifs is 2. The van der Waals surface area contributed by atoms with Gasteiger partial charge in [-0.1, -0.05) is 55.5 Å². The number of anilines is 1. The number of para-hydroxylation sites is 2. The highest BCUT2D eigenvalue weighted by Gasteiger charge is 2.26. The molecule has 7 nitrogen and oxygen atoms in total. The number of amides is 1. The van der Waals surface area contributed by atoms with E-state index in [2.05, 4.69) is 12.0 Å². The summed E-state index contributed by atoms with van der Waals surface area (Å²) in [6, 6.07) is 23.4. The first kappa shape index (κ1) is 22.9. The molecule has 35 heavy (non-hydrogen) atoms. The molecule has 0 spiro atoms. The summed E-state index contributed by atoms with van der Waals surface area (Å²) in [6.07, 6.45) is 0.827. The van der Waals surface area contributed by atoms with Crippen LogP contribution >= 0.6 is 11.8 Å². The molecule has 1 aliphatic heterocycles. The van der Waals surface area contributed by atoms with Crippen molar-refractivity contribution >= 4 is 40.1 Å². The Morgan fingerprint density at radius 1 is 0.971 bits per heavy atom. The van der Waals surface area contributed by atoms with E-state index in [1.54, 1.807) is 65.2 Å². The Hall–Kier alpha value is -3.91. The van der Waals surface area contributed by atoms with Gasteiger partial charge in [0.15, 0.2) is 12.3 Å². The third-order valence-electron chi connectivity index (χ3n) is 5.87. The molecule has 2 heterocycles. The molecule has 0 saturated carbocycles. The van der Waals surface area contributed by atoms with Crippen LogP contribution in [0.15, 0.2) is 88.6 Å². The molecule has 0 radical (unpaired) electrons. The Morgan fingerprint density at radius 2 is 1.66 bits per heavy atom. The number of hydrogen-bond donors (Lipinski definition) is 0. The standard InChI is InChI=1S/C27H23N3O4S/c1-18-15-16-29(22-13-7-8-14-23(22)35-18)24(31)17-34-27(33)25-20-11-5-6-12-21(20)26(32)30(28-25)19-9-3-2-4-10-19/h2-14,18H,15-17H2,1H3. The van der Waals surface area contributed by atoms with E-state index in [9.17, 15) is 14.4 Å². The van der Waals surface area contributed by atoms with E-state index in [4.69, 9.17) is 4.74 Å². The molecule has 0 N–H and O–H groups in total. The van der Waals surface area contributed by atoms with Crippen LogP contribution in [-0.4, -0.2) is 40.1 Å². The zero-order valence-corrected chi connectivity index (χ0v) is 19.9. The van der Waals surface area contributed by atoms with Crippen molar-refractivity contribution in [3.05, 3.63) is 94.9 Å². The molecule has 1 aliphatic rings. The average molecular weight is 486 g/mol. The van der Waals surface area contributed by atoms with E-state index in [1.165, 1.54) is 4.68 Å². The Balaban J connectivity index is 1.43. The molecule has 0 saturated heterocycles. The predicted molar refractivity (Wildman–Crippen MR) is 136 cm³/mol. The lowest BCUT2D eigenvalue weighted by molar-refractivity contribution is -0.121. The maximum Gasteiger partial charge on any atom is 0.359 e. The van der Waals surface area contributed by atoms with E-state index < -0.39 is 12.6 Å². The third kappa shape index (κ3) is 4.57. The maximum atomic E-state index is 13.1. The van der Waals surface area contributed by atoms with E-state index in [0.29, 0.717) is 28.3 Å². The van der Waals surface area contributed by atoms with Crippen molar-refractivity contribution in [2.45, 2.75) is 23.5 Å². The Kier molecular flexibility index (Phi) is 6.37. The van der Waals surface area contributed by atoms with E-state index in [0.717, 1.165) is 17.0 Å². The van der Waals surface area contributed by atoms with Gasteiger partial charge in [0.05, 0.1) is 16.8 Å². The molecule has 1 amide bonds. The number of hydrogen-bond acceptors (Lipinski definition) is 6. The average Bonchev–Trinajstić information content (AvgIpc) is 3.06. The fourth-order valence-electron chi connectivity index (χ4n) is 4.10. The number of carbonyl (C=O) groups is 2. The Bertz CT molecular complexity index is 1470. The SMILES string of the molecule is CC1CCN(C(=O)COC(=O)c2nn(-c3ccccc3)c(=O)c3ccccc23)c2ccccc2S1. The largest absolute Gasteiger partial charge is 0.451 e. The van der Waals surface area contributed by atoms with Gasteiger partial charge in [0.2, 0.25) is 0 Å². The number of rotatable bonds is 4.